The summed E-state index contributed by atoms with van der Waals surface area (Å²) in [6.07, 6.45) is -4.25. The van der Waals surface area contributed by atoms with Gasteiger partial charge < -0.3 is 120 Å². The van der Waals surface area contributed by atoms with Gasteiger partial charge >= 0.3 is 41.8 Å². The number of aromatic amines is 1. The molecule has 48 heteroatoms. The van der Waals surface area contributed by atoms with Crippen molar-refractivity contribution in [3.05, 3.63) is 95.3 Å². The fourth-order valence-corrected chi connectivity index (χ4v) is 15.0. The summed E-state index contributed by atoms with van der Waals surface area (Å²) in [5.41, 5.74) is 8.75. The van der Waals surface area contributed by atoms with E-state index in [2.05, 4.69) is 73.8 Å². The molecule has 3 aliphatic heterocycles. The van der Waals surface area contributed by atoms with Crippen molar-refractivity contribution in [2.45, 2.75) is 177 Å². The number of hydrogen-bond acceptors (Lipinski definition) is 26. The van der Waals surface area contributed by atoms with Crippen molar-refractivity contribution in [2.75, 3.05) is 124 Å². The fraction of sp³-hybridized carbons (Fsp3) is 0.541. The first-order valence-corrected chi connectivity index (χ1v) is 43.7. The minimum Gasteiger partial charge on any atom is -0.481 e. The Morgan fingerprint density at radius 2 is 0.985 bits per heavy atom. The monoisotopic (exact) mass is 1860 g/mol. The highest BCUT2D eigenvalue weighted by molar-refractivity contribution is 6.00. The van der Waals surface area contributed by atoms with Crippen LogP contribution in [0.3, 0.4) is 0 Å². The molecule has 0 aliphatic carbocycles. The van der Waals surface area contributed by atoms with Crippen molar-refractivity contribution >= 4 is 135 Å². The van der Waals surface area contributed by atoms with Crippen molar-refractivity contribution in [2.24, 2.45) is 5.73 Å². The molecule has 4 aromatic rings. The topological polar surface area (TPSA) is 708 Å². The van der Waals surface area contributed by atoms with E-state index in [1.165, 1.54) is 29.4 Å². The molecule has 726 valence electrons. The predicted octanol–water partition coefficient (Wildman–Crippen LogP) is -4.12. The number of H-pyrrole nitrogens is 1. The summed E-state index contributed by atoms with van der Waals surface area (Å²) in [6, 6.07) is 7.83. The lowest BCUT2D eigenvalue weighted by Crippen LogP contribution is -2.58. The van der Waals surface area contributed by atoms with Crippen molar-refractivity contribution in [1.29, 1.82) is 5.41 Å². The zero-order chi connectivity index (χ0) is 97.2. The summed E-state index contributed by atoms with van der Waals surface area (Å²) in [4.78, 5) is 270. The van der Waals surface area contributed by atoms with Crippen LogP contribution in [0.1, 0.15) is 136 Å². The number of carboxylic acids is 7. The van der Waals surface area contributed by atoms with Crippen molar-refractivity contribution in [3.8, 4) is 0 Å². The molecule has 4 heterocycles. The molecule has 0 radical (unpaired) electrons. The van der Waals surface area contributed by atoms with Crippen LogP contribution in [-0.4, -0.2) is 360 Å². The Labute approximate surface area is 764 Å². The lowest BCUT2D eigenvalue weighted by atomic mass is 10.0. The summed E-state index contributed by atoms with van der Waals surface area (Å²) in [5, 5.41) is 107. The second kappa shape index (κ2) is 54.6. The van der Waals surface area contributed by atoms with E-state index in [9.17, 15) is 127 Å². The van der Waals surface area contributed by atoms with E-state index in [1.54, 1.807) is 55.6 Å². The van der Waals surface area contributed by atoms with Crippen LogP contribution in [0.4, 0.5) is 5.69 Å². The number of nitrogens with zero attached hydrogens (tertiary/aromatic N) is 7. The molecule has 8 unspecified atom stereocenters. The maximum Gasteiger partial charge on any atom is 0.317 e. The SMILES string of the molecule is CN(Cc1nc2ccccc2[nH]1)C(=O)c1ccc2c(c1)CN(CCCCCCNC(=O)C(CCC(=O)NCCCCC1NC(=O)C(Cc3ccccc3)NC(=O)C(CC(=O)O)NC(=O)CNC(=O)C(CCCNC(=N)N)NC1=O)NC(=O)C(CCC(=O)O)NC(=O)C(CCC(=O)O)NC(=O)CN1CCN(CC(=O)O)CCN(CC(=O)O)CCN(CC(=O)O)CC1)C(=O)C(CC(=O)O)N2. The van der Waals surface area contributed by atoms with Gasteiger partial charge in [0.25, 0.3) is 5.91 Å². The van der Waals surface area contributed by atoms with E-state index in [0.717, 1.165) is 11.0 Å². The number of amides is 12. The molecule has 3 aromatic carbocycles. The van der Waals surface area contributed by atoms with E-state index < -0.39 is 245 Å². The van der Waals surface area contributed by atoms with Gasteiger partial charge in [0.1, 0.15) is 54.2 Å². The lowest BCUT2D eigenvalue weighted by molar-refractivity contribution is -0.141. The number of imidazole rings is 1. The maximum atomic E-state index is 14.7. The summed E-state index contributed by atoms with van der Waals surface area (Å²) < 4.78 is 0. The Bertz CT molecular complexity index is 4710. The average Bonchev–Trinajstić information content (AvgIpc) is 1.73. The number of carbonyl (C=O) groups excluding carboxylic acids is 12. The Balaban J connectivity index is 1.07. The van der Waals surface area contributed by atoms with Crippen LogP contribution in [0.2, 0.25) is 0 Å². The van der Waals surface area contributed by atoms with Crippen molar-refractivity contribution in [3.63, 3.8) is 0 Å². The van der Waals surface area contributed by atoms with Gasteiger partial charge in [-0.15, -0.1) is 0 Å². The Hall–Kier alpha value is -14.0. The molecule has 0 saturated carbocycles. The number of rotatable bonds is 48. The van der Waals surface area contributed by atoms with Gasteiger partial charge in [-0.25, -0.2) is 4.98 Å². The number of anilines is 1. The minimum atomic E-state index is -1.86. The Morgan fingerprint density at radius 1 is 0.489 bits per heavy atom. The van der Waals surface area contributed by atoms with Gasteiger partial charge in [-0.1, -0.05) is 55.3 Å². The second-order valence-corrected chi connectivity index (χ2v) is 32.6. The van der Waals surface area contributed by atoms with E-state index >= 15 is 0 Å². The van der Waals surface area contributed by atoms with Crippen LogP contribution in [0, 0.1) is 5.41 Å². The van der Waals surface area contributed by atoms with Gasteiger partial charge in [0.05, 0.1) is 63.1 Å². The number of fused-ring (bicyclic) bond motifs is 2. The molecular weight excluding hydrogens is 1750 g/mol. The quantitative estimate of drug-likeness (QED) is 0.0113. The number of carboxylic acid groups (broad SMARTS) is 7. The zero-order valence-corrected chi connectivity index (χ0v) is 73.8. The van der Waals surface area contributed by atoms with Gasteiger partial charge in [-0.05, 0) is 106 Å². The highest BCUT2D eigenvalue weighted by atomic mass is 16.4. The first-order valence-electron chi connectivity index (χ1n) is 43.7. The number of aromatic nitrogens is 2. The first-order chi connectivity index (χ1) is 63.3. The number of nitrogens with two attached hydrogens (primary N) is 1. The summed E-state index contributed by atoms with van der Waals surface area (Å²) >= 11 is 0. The second-order valence-electron chi connectivity index (χ2n) is 32.6. The van der Waals surface area contributed by atoms with Gasteiger partial charge in [-0.3, -0.25) is 116 Å². The van der Waals surface area contributed by atoms with E-state index in [4.69, 9.17) is 11.1 Å². The zero-order valence-electron chi connectivity index (χ0n) is 73.8. The molecule has 1 aromatic heterocycles. The average molecular weight is 1870 g/mol. The largest absolute Gasteiger partial charge is 0.481 e. The van der Waals surface area contributed by atoms with Crippen LogP contribution < -0.4 is 69.5 Å². The number of para-hydroxylation sites is 2. The van der Waals surface area contributed by atoms with Gasteiger partial charge in [0, 0.05) is 129 Å². The molecule has 8 atom stereocenters. The molecule has 2 saturated heterocycles. The Morgan fingerprint density at radius 3 is 1.56 bits per heavy atom. The maximum absolute atomic E-state index is 14.7. The highest BCUT2D eigenvalue weighted by Gasteiger charge is 2.38. The molecule has 7 rings (SSSR count). The van der Waals surface area contributed by atoms with Crippen LogP contribution in [0.5, 0.6) is 0 Å². The third-order valence-electron chi connectivity index (χ3n) is 22.0. The minimum absolute atomic E-state index is 0.00171. The number of unbranched alkanes of at least 4 members (excludes halogenated alkanes) is 4. The van der Waals surface area contributed by atoms with Crippen LogP contribution >= 0.6 is 0 Å². The third-order valence-corrected chi connectivity index (χ3v) is 22.0. The van der Waals surface area contributed by atoms with E-state index in [1.807, 2.05) is 24.3 Å². The standard InChI is InChI=1S/C85H120N22O26/c1-102(46-65-93-55-16-7-8-17-56(55)94-65)83(132)52-20-21-54-53(41-52)45-107(84(133)64(92-54)43-72(117)118)31-12-3-2-10-29-89-76(125)59(99-80(129)61(24-27-70(113)114)100-79(128)60(23-26-69(111)112)95-68(110)47-103-32-34-104(48-73(119)120)36-38-106(50-75(123)124)39-37-105(35-33-103)49-74(121)122)22-25-66(108)88-28-11-9-18-58-78(127)97-57(19-13-30-90-85(86)87)77(126)91-44-67(109)96-63(42-71(115)116)82(131)101-62(81(130)98-58)40-51-14-5-4-6-15-51/h4-8,14-17,20-21,41,57-64,92H,2-3,9-13,18-19,22-40,42-50H2,1H3,(H,88,108)(H,89,125)(H,91,126)(H,93,94)(H,95,110)(H,96,109)(H,97,127)(H,98,130)(H,99,129)(H,100,128)(H,101,131)(H,111,112)(H,113,114)(H,115,116)(H,117,118)(H,119,120)(H,121,122)(H,123,124)(H4,86,87,90). The molecule has 3 aliphatic rings. The van der Waals surface area contributed by atoms with Gasteiger partial charge in [0.2, 0.25) is 65.0 Å². The normalized spacial score (nSPS) is 18.4. The summed E-state index contributed by atoms with van der Waals surface area (Å²) in [6.45, 7) is -2.62. The molecular formula is C85H120N22O26. The van der Waals surface area contributed by atoms with Crippen LogP contribution in [0.25, 0.3) is 11.0 Å². The van der Waals surface area contributed by atoms with Crippen LogP contribution in [-0.2, 0) is 106 Å². The number of hydrogen-bond donors (Lipinski definition) is 22. The predicted molar refractivity (Wildman–Crippen MR) is 471 cm³/mol. The molecule has 2 fully saturated rings. The van der Waals surface area contributed by atoms with E-state index in [-0.39, 0.29) is 142 Å². The lowest BCUT2D eigenvalue weighted by Gasteiger charge is -2.33. The number of aliphatic carboxylic acids is 7. The number of guanidine groups is 1. The van der Waals surface area contributed by atoms with Crippen LogP contribution in [0.15, 0.2) is 72.8 Å². The number of benzene rings is 3. The molecule has 23 N–H and O–H groups in total. The highest BCUT2D eigenvalue weighted by Crippen LogP contribution is 2.28. The molecule has 12 amide bonds. The molecule has 48 nitrogen and oxygen atoms in total. The van der Waals surface area contributed by atoms with Crippen molar-refractivity contribution < 1.29 is 127 Å². The first kappa shape index (κ1) is 106. The Kier molecular flexibility index (Phi) is 43.5. The number of carbonyl (C=O) groups is 19. The smallest absolute Gasteiger partial charge is 0.317 e. The fourth-order valence-electron chi connectivity index (χ4n) is 15.0. The molecule has 133 heavy (non-hydrogen) atoms. The van der Waals surface area contributed by atoms with Crippen molar-refractivity contribution in [1.82, 2.24) is 97.9 Å². The van der Waals surface area contributed by atoms with Gasteiger partial charge in [0.15, 0.2) is 5.96 Å². The van der Waals surface area contributed by atoms with E-state index in [0.29, 0.717) is 47.5 Å². The molecule has 0 spiro atoms. The summed E-state index contributed by atoms with van der Waals surface area (Å²) in [5.74, 6) is -19.8. The van der Waals surface area contributed by atoms with Gasteiger partial charge in [-0.2, -0.15) is 0 Å². The number of nitrogens with one attached hydrogen (secondary N) is 14. The molecule has 0 bridgehead atoms. The summed E-state index contributed by atoms with van der Waals surface area (Å²) in [7, 11) is 1.61. The third kappa shape index (κ3) is 38.5.